The van der Waals surface area contributed by atoms with E-state index in [1.165, 1.54) is 35.0 Å². The third-order valence-electron chi connectivity index (χ3n) is 5.41. The van der Waals surface area contributed by atoms with Gasteiger partial charge in [-0.05, 0) is 48.7 Å². The van der Waals surface area contributed by atoms with Crippen molar-refractivity contribution in [3.8, 4) is 0 Å². The molecular weight excluding hydrogens is 455 g/mol. The van der Waals surface area contributed by atoms with Crippen LogP contribution < -0.4 is 10.6 Å². The Morgan fingerprint density at radius 2 is 1.83 bits per heavy atom. The largest absolute Gasteiger partial charge is 0.478 e. The number of rotatable bonds is 7. The molecule has 11 heteroatoms. The summed E-state index contributed by atoms with van der Waals surface area (Å²) < 4.78 is 14.7. The molecule has 0 aliphatic rings. The molecule has 2 aromatic heterocycles. The Bertz CT molecular complexity index is 1430. The first-order valence-corrected chi connectivity index (χ1v) is 10.6. The number of aryl methyl sites for hydroxylation is 1. The summed E-state index contributed by atoms with van der Waals surface area (Å²) in [6, 6.07) is 11.5. The predicted molar refractivity (Wildman–Crippen MR) is 122 cm³/mol. The van der Waals surface area contributed by atoms with Gasteiger partial charge < -0.3 is 15.7 Å². The van der Waals surface area contributed by atoms with Gasteiger partial charge in [0.15, 0.2) is 5.65 Å². The van der Waals surface area contributed by atoms with Crippen LogP contribution in [0.3, 0.4) is 0 Å². The summed E-state index contributed by atoms with van der Waals surface area (Å²) in [6.07, 6.45) is 1.32. The number of carboxylic acid groups (broad SMARTS) is 1. The first kappa shape index (κ1) is 23.5. The highest BCUT2D eigenvalue weighted by Gasteiger charge is 2.20. The van der Waals surface area contributed by atoms with Crippen LogP contribution in [0.4, 0.5) is 4.39 Å². The minimum absolute atomic E-state index is 0.0118. The van der Waals surface area contributed by atoms with E-state index in [-0.39, 0.29) is 35.0 Å². The molecular formula is C24H21FN6O4. The summed E-state index contributed by atoms with van der Waals surface area (Å²) in [6.45, 7) is 3.52. The van der Waals surface area contributed by atoms with E-state index in [2.05, 4.69) is 25.9 Å². The van der Waals surface area contributed by atoms with Gasteiger partial charge >= 0.3 is 5.97 Å². The number of nitrogens with one attached hydrogen (secondary N) is 2. The summed E-state index contributed by atoms with van der Waals surface area (Å²) in [7, 11) is 0. The molecule has 0 unspecified atom stereocenters. The number of hydrogen-bond donors (Lipinski definition) is 3. The van der Waals surface area contributed by atoms with Crippen molar-refractivity contribution >= 4 is 23.4 Å². The molecule has 0 aliphatic carbocycles. The van der Waals surface area contributed by atoms with Gasteiger partial charge in [0.25, 0.3) is 11.8 Å². The van der Waals surface area contributed by atoms with E-state index in [9.17, 15) is 18.8 Å². The van der Waals surface area contributed by atoms with Crippen LogP contribution in [0.25, 0.3) is 5.65 Å². The highest BCUT2D eigenvalue weighted by atomic mass is 19.1. The smallest absolute Gasteiger partial charge is 0.335 e. The fourth-order valence-corrected chi connectivity index (χ4v) is 3.46. The topological polar surface area (TPSA) is 139 Å². The molecule has 0 saturated heterocycles. The Morgan fingerprint density at radius 1 is 1.09 bits per heavy atom. The van der Waals surface area contributed by atoms with Gasteiger partial charge in [-0.3, -0.25) is 9.59 Å². The number of fused-ring (bicyclic) bond motifs is 1. The van der Waals surface area contributed by atoms with Crippen molar-refractivity contribution in [1.82, 2.24) is 30.4 Å². The van der Waals surface area contributed by atoms with Gasteiger partial charge in [0, 0.05) is 12.6 Å². The van der Waals surface area contributed by atoms with Crippen molar-refractivity contribution in [3.63, 3.8) is 0 Å². The van der Waals surface area contributed by atoms with Crippen LogP contribution >= 0.6 is 0 Å². The number of hydrogen-bond acceptors (Lipinski definition) is 6. The third-order valence-corrected chi connectivity index (χ3v) is 5.41. The lowest BCUT2D eigenvalue weighted by molar-refractivity contribution is 0.0696. The quantitative estimate of drug-likeness (QED) is 0.373. The highest BCUT2D eigenvalue weighted by molar-refractivity contribution is 5.98. The maximum Gasteiger partial charge on any atom is 0.335 e. The van der Waals surface area contributed by atoms with E-state index < -0.39 is 23.8 Å². The fourth-order valence-electron chi connectivity index (χ4n) is 3.46. The Kier molecular flexibility index (Phi) is 6.49. The zero-order valence-corrected chi connectivity index (χ0v) is 18.8. The fraction of sp³-hybridized carbons (Fsp3) is 0.167. The van der Waals surface area contributed by atoms with E-state index in [0.29, 0.717) is 16.7 Å². The molecule has 0 spiro atoms. The van der Waals surface area contributed by atoms with E-state index >= 15 is 0 Å². The lowest BCUT2D eigenvalue weighted by Crippen LogP contribution is -2.30. The molecule has 0 radical (unpaired) electrons. The van der Waals surface area contributed by atoms with Crippen LogP contribution in [0, 0.1) is 12.7 Å². The standard InChI is InChI=1S/C24H21FN6O4/c1-13-9-15(3-8-18(13)25)11-26-22(32)19-10-20(31-21(29-19)12-27-30-31)23(33)28-14(2)16-4-6-17(7-5-16)24(34)35/h3-10,12,14H,11H2,1-2H3,(H,26,32)(H,28,33)(H,34,35)/t14-/m0/s1. The van der Waals surface area contributed by atoms with E-state index in [1.807, 2.05) is 0 Å². The maximum absolute atomic E-state index is 13.5. The average molecular weight is 476 g/mol. The Morgan fingerprint density at radius 3 is 2.51 bits per heavy atom. The second-order valence-electron chi connectivity index (χ2n) is 7.92. The summed E-state index contributed by atoms with van der Waals surface area (Å²) in [5.41, 5.74) is 2.25. The number of amides is 2. The van der Waals surface area contributed by atoms with Crippen molar-refractivity contribution in [2.24, 2.45) is 0 Å². The van der Waals surface area contributed by atoms with Gasteiger partial charge in [0.05, 0.1) is 17.8 Å². The van der Waals surface area contributed by atoms with Crippen LogP contribution in [-0.2, 0) is 6.54 Å². The molecule has 10 nitrogen and oxygen atoms in total. The van der Waals surface area contributed by atoms with Gasteiger partial charge in [-0.2, -0.15) is 4.52 Å². The van der Waals surface area contributed by atoms with Crippen molar-refractivity contribution in [1.29, 1.82) is 0 Å². The number of aromatic carboxylic acids is 1. The van der Waals surface area contributed by atoms with Crippen LogP contribution in [0.5, 0.6) is 0 Å². The van der Waals surface area contributed by atoms with Crippen molar-refractivity contribution in [3.05, 3.63) is 94.2 Å². The van der Waals surface area contributed by atoms with E-state index in [1.54, 1.807) is 38.1 Å². The number of aromatic nitrogens is 4. The van der Waals surface area contributed by atoms with Crippen LogP contribution in [0.15, 0.2) is 54.7 Å². The minimum Gasteiger partial charge on any atom is -0.478 e. The average Bonchev–Trinajstić information content (AvgIpc) is 3.32. The van der Waals surface area contributed by atoms with E-state index in [4.69, 9.17) is 5.11 Å². The Hall–Kier alpha value is -4.67. The monoisotopic (exact) mass is 476 g/mol. The Balaban J connectivity index is 1.53. The van der Waals surface area contributed by atoms with Crippen molar-refractivity contribution in [2.75, 3.05) is 0 Å². The van der Waals surface area contributed by atoms with Gasteiger partial charge in [0.1, 0.15) is 17.2 Å². The molecule has 2 heterocycles. The van der Waals surface area contributed by atoms with Gasteiger partial charge in [-0.15, -0.1) is 5.10 Å². The molecule has 3 N–H and O–H groups in total. The van der Waals surface area contributed by atoms with Crippen LogP contribution in [-0.4, -0.2) is 42.7 Å². The van der Waals surface area contributed by atoms with Gasteiger partial charge in [0.2, 0.25) is 0 Å². The lowest BCUT2D eigenvalue weighted by Gasteiger charge is -2.15. The maximum atomic E-state index is 13.5. The third kappa shape index (κ3) is 5.13. The number of halogens is 1. The number of carboxylic acids is 1. The molecule has 2 amide bonds. The molecule has 2 aromatic carbocycles. The summed E-state index contributed by atoms with van der Waals surface area (Å²) >= 11 is 0. The van der Waals surface area contributed by atoms with Gasteiger partial charge in [-0.1, -0.05) is 29.5 Å². The highest BCUT2D eigenvalue weighted by Crippen LogP contribution is 2.16. The predicted octanol–water partition coefficient (Wildman–Crippen LogP) is 2.69. The molecule has 0 saturated carbocycles. The molecule has 0 fully saturated rings. The second kappa shape index (κ2) is 9.67. The molecule has 35 heavy (non-hydrogen) atoms. The number of carbonyl (C=O) groups excluding carboxylic acids is 2. The second-order valence-corrected chi connectivity index (χ2v) is 7.92. The summed E-state index contributed by atoms with van der Waals surface area (Å²) in [5.74, 6) is -2.43. The minimum atomic E-state index is -1.04. The molecule has 4 aromatic rings. The lowest BCUT2D eigenvalue weighted by atomic mass is 10.1. The molecule has 1 atom stereocenters. The zero-order chi connectivity index (χ0) is 25.1. The Labute approximate surface area is 198 Å². The first-order valence-electron chi connectivity index (χ1n) is 10.6. The SMILES string of the molecule is Cc1cc(CNC(=O)c2cc(C(=O)N[C@@H](C)c3ccc(C(=O)O)cc3)n3nncc3n2)ccc1F. The van der Waals surface area contributed by atoms with Crippen LogP contribution in [0.2, 0.25) is 0 Å². The number of nitrogens with zero attached hydrogens (tertiary/aromatic N) is 4. The molecule has 178 valence electrons. The van der Waals surface area contributed by atoms with Gasteiger partial charge in [-0.25, -0.2) is 14.2 Å². The summed E-state index contributed by atoms with van der Waals surface area (Å²) in [4.78, 5) is 41.1. The van der Waals surface area contributed by atoms with Crippen molar-refractivity contribution < 1.29 is 23.9 Å². The zero-order valence-electron chi connectivity index (χ0n) is 18.8. The molecule has 0 aliphatic heterocycles. The molecule has 0 bridgehead atoms. The van der Waals surface area contributed by atoms with E-state index in [0.717, 1.165) is 0 Å². The molecule has 4 rings (SSSR count). The summed E-state index contributed by atoms with van der Waals surface area (Å²) in [5, 5.41) is 22.2. The van der Waals surface area contributed by atoms with Crippen molar-refractivity contribution in [2.45, 2.75) is 26.4 Å². The normalized spacial score (nSPS) is 11.7. The number of carbonyl (C=O) groups is 3. The number of benzene rings is 2. The first-order chi connectivity index (χ1) is 16.7. The van der Waals surface area contributed by atoms with Crippen LogP contribution in [0.1, 0.15) is 61.0 Å².